The van der Waals surface area contributed by atoms with Crippen molar-refractivity contribution in [2.24, 2.45) is 4.58 Å². The number of carbonyl (C=O) groups is 1. The molecule has 1 fully saturated rings. The van der Waals surface area contributed by atoms with Gasteiger partial charge in [-0.2, -0.15) is 0 Å². The molecule has 0 bridgehead atoms. The number of hydrogen-bond donors (Lipinski definition) is 1. The molecule has 1 atom stereocenters. The number of nitroso groups, excluding NO2 is 1. The third kappa shape index (κ3) is 6.85. The summed E-state index contributed by atoms with van der Waals surface area (Å²) < 4.78 is 8.33. The van der Waals surface area contributed by atoms with Crippen LogP contribution in [-0.2, 0) is 16.0 Å². The van der Waals surface area contributed by atoms with Gasteiger partial charge in [0.05, 0.1) is 22.2 Å². The van der Waals surface area contributed by atoms with E-state index < -0.39 is 0 Å². The van der Waals surface area contributed by atoms with Gasteiger partial charge in [-0.25, -0.2) is 0 Å². The van der Waals surface area contributed by atoms with E-state index in [0.717, 1.165) is 49.1 Å². The average Bonchev–Trinajstić information content (AvgIpc) is 3.16. The van der Waals surface area contributed by atoms with Gasteiger partial charge in [0.1, 0.15) is 6.61 Å². The largest absolute Gasteiger partial charge is 0.464 e. The van der Waals surface area contributed by atoms with Crippen LogP contribution >= 0.6 is 35.1 Å². The topological polar surface area (TPSA) is 71.0 Å². The summed E-state index contributed by atoms with van der Waals surface area (Å²) in [7, 11) is 0. The van der Waals surface area contributed by atoms with E-state index >= 15 is 0 Å². The SMILES string of the molecule is CC(C)(CN1CCC[C@H]1COC(=O)Cc1ccccc1Nc1c(Cl)cccc1Cl)SN=O. The first kappa shape index (κ1) is 24.8. The predicted octanol–water partition coefficient (Wildman–Crippen LogP) is 6.48. The zero-order valence-electron chi connectivity index (χ0n) is 18.1. The molecule has 3 rings (SSSR count). The summed E-state index contributed by atoms with van der Waals surface area (Å²) in [5, 5.41) is 4.24. The van der Waals surface area contributed by atoms with Crippen molar-refractivity contribution in [3.8, 4) is 0 Å². The summed E-state index contributed by atoms with van der Waals surface area (Å²) in [6, 6.07) is 13.0. The second-order valence-electron chi connectivity index (χ2n) is 8.43. The van der Waals surface area contributed by atoms with Gasteiger partial charge in [0, 0.05) is 39.6 Å². The van der Waals surface area contributed by atoms with Gasteiger partial charge >= 0.3 is 5.97 Å². The molecule has 2 aromatic rings. The summed E-state index contributed by atoms with van der Waals surface area (Å²) in [6.07, 6.45) is 2.14. The molecule has 2 aromatic carbocycles. The van der Waals surface area contributed by atoms with Crippen molar-refractivity contribution in [1.29, 1.82) is 0 Å². The Morgan fingerprint density at radius 3 is 2.66 bits per heavy atom. The fraction of sp³-hybridized carbons (Fsp3) is 0.435. The van der Waals surface area contributed by atoms with E-state index in [1.165, 1.54) is 0 Å². The maximum Gasteiger partial charge on any atom is 0.310 e. The van der Waals surface area contributed by atoms with Crippen molar-refractivity contribution in [3.63, 3.8) is 0 Å². The molecule has 32 heavy (non-hydrogen) atoms. The second-order valence-corrected chi connectivity index (χ2v) is 10.7. The van der Waals surface area contributed by atoms with Crippen molar-refractivity contribution in [3.05, 3.63) is 63.0 Å². The van der Waals surface area contributed by atoms with E-state index in [9.17, 15) is 9.70 Å². The number of hydrogen-bond acceptors (Lipinski definition) is 7. The van der Waals surface area contributed by atoms with Crippen LogP contribution in [0.15, 0.2) is 47.0 Å². The number of para-hydroxylation sites is 2. The Hall–Kier alpha value is -1.80. The molecule has 1 heterocycles. The lowest BCUT2D eigenvalue weighted by molar-refractivity contribution is -0.144. The molecule has 0 spiro atoms. The number of carbonyl (C=O) groups excluding carboxylic acids is 1. The minimum Gasteiger partial charge on any atom is -0.464 e. The van der Waals surface area contributed by atoms with Crippen molar-refractivity contribution < 1.29 is 9.53 Å². The van der Waals surface area contributed by atoms with Crippen molar-refractivity contribution in [1.82, 2.24) is 4.90 Å². The van der Waals surface area contributed by atoms with Gasteiger partial charge in [0.15, 0.2) is 0 Å². The molecule has 0 unspecified atom stereocenters. The van der Waals surface area contributed by atoms with Crippen LogP contribution in [0.25, 0.3) is 0 Å². The minimum absolute atomic E-state index is 0.133. The Bertz CT molecular complexity index is 938. The molecule has 1 aliphatic rings. The molecule has 0 aliphatic carbocycles. The number of anilines is 2. The standard InChI is InChI=1S/C23H27Cl2N3O3S/c1-23(2,32-27-30)15-28-12-6-8-17(28)14-31-21(29)13-16-7-3-4-11-20(16)26-22-18(24)9-5-10-19(22)25/h3-5,7,9-11,17,26H,6,8,12-15H2,1-2H3/t17-/m0/s1. The summed E-state index contributed by atoms with van der Waals surface area (Å²) in [4.78, 5) is 25.5. The molecule has 0 aromatic heterocycles. The zero-order valence-corrected chi connectivity index (χ0v) is 20.5. The molecule has 1 saturated heterocycles. The first-order valence-electron chi connectivity index (χ1n) is 10.5. The number of rotatable bonds is 10. The average molecular weight is 496 g/mol. The van der Waals surface area contributed by atoms with E-state index in [1.807, 2.05) is 38.1 Å². The fourth-order valence-corrected chi connectivity index (χ4v) is 4.77. The van der Waals surface area contributed by atoms with E-state index in [-0.39, 0.29) is 23.2 Å². The van der Waals surface area contributed by atoms with Crippen molar-refractivity contribution in [2.75, 3.05) is 25.0 Å². The lowest BCUT2D eigenvalue weighted by atomic mass is 10.1. The molecule has 172 valence electrons. The maximum atomic E-state index is 12.6. The van der Waals surface area contributed by atoms with E-state index in [4.69, 9.17) is 27.9 Å². The number of halogens is 2. The predicted molar refractivity (Wildman–Crippen MR) is 133 cm³/mol. The van der Waals surface area contributed by atoms with Gasteiger partial charge in [-0.15, -0.1) is 4.91 Å². The van der Waals surface area contributed by atoms with Crippen molar-refractivity contribution in [2.45, 2.75) is 43.9 Å². The molecular formula is C23H27Cl2N3O3S. The van der Waals surface area contributed by atoms with Crippen LogP contribution in [0.1, 0.15) is 32.3 Å². The van der Waals surface area contributed by atoms with Gasteiger partial charge in [0.2, 0.25) is 0 Å². The van der Waals surface area contributed by atoms with Crippen LogP contribution in [0.2, 0.25) is 10.0 Å². The number of esters is 1. The second kappa shape index (κ2) is 11.4. The molecule has 0 amide bonds. The molecule has 1 aliphatic heterocycles. The fourth-order valence-electron chi connectivity index (χ4n) is 3.85. The first-order valence-corrected chi connectivity index (χ1v) is 12.0. The van der Waals surface area contributed by atoms with Crippen molar-refractivity contribution >= 4 is 52.5 Å². The van der Waals surface area contributed by atoms with Crippen LogP contribution in [0.3, 0.4) is 0 Å². The van der Waals surface area contributed by atoms with E-state index in [1.54, 1.807) is 18.2 Å². The Labute approximate surface area is 203 Å². The molecule has 0 saturated carbocycles. The van der Waals surface area contributed by atoms with Gasteiger partial charge in [-0.05, 0) is 57.0 Å². The highest BCUT2D eigenvalue weighted by Crippen LogP contribution is 2.34. The molecular weight excluding hydrogens is 469 g/mol. The normalized spacial score (nSPS) is 16.7. The number of nitrogens with one attached hydrogen (secondary N) is 1. The quantitative estimate of drug-likeness (QED) is 0.231. The third-order valence-electron chi connectivity index (χ3n) is 5.38. The van der Waals surface area contributed by atoms with Gasteiger partial charge in [-0.1, -0.05) is 47.5 Å². The summed E-state index contributed by atoms with van der Waals surface area (Å²) >= 11 is 13.6. The van der Waals surface area contributed by atoms with Crippen LogP contribution in [0.4, 0.5) is 11.4 Å². The Morgan fingerprint density at radius 1 is 1.22 bits per heavy atom. The maximum absolute atomic E-state index is 12.6. The molecule has 1 N–H and O–H groups in total. The smallest absolute Gasteiger partial charge is 0.310 e. The van der Waals surface area contributed by atoms with Crippen LogP contribution in [0, 0.1) is 4.91 Å². The van der Waals surface area contributed by atoms with E-state index in [0.29, 0.717) is 22.3 Å². The number of ether oxygens (including phenoxy) is 1. The first-order chi connectivity index (χ1) is 15.3. The number of nitrogens with zero attached hydrogens (tertiary/aromatic N) is 2. The van der Waals surface area contributed by atoms with E-state index in [2.05, 4.69) is 14.8 Å². The number of benzene rings is 2. The Kier molecular flexibility index (Phi) is 8.82. The molecule has 6 nitrogen and oxygen atoms in total. The summed E-state index contributed by atoms with van der Waals surface area (Å²) in [5.74, 6) is -0.292. The highest BCUT2D eigenvalue weighted by atomic mass is 35.5. The summed E-state index contributed by atoms with van der Waals surface area (Å²) in [6.45, 7) is 5.97. The van der Waals surface area contributed by atoms with Gasteiger partial charge in [-0.3, -0.25) is 9.69 Å². The van der Waals surface area contributed by atoms with Gasteiger partial charge < -0.3 is 10.1 Å². The minimum atomic E-state index is -0.292. The summed E-state index contributed by atoms with van der Waals surface area (Å²) in [5.41, 5.74) is 2.15. The highest BCUT2D eigenvalue weighted by Gasteiger charge is 2.32. The number of likely N-dealkylation sites (tertiary alicyclic amines) is 1. The zero-order chi connectivity index (χ0) is 23.1. The lowest BCUT2D eigenvalue weighted by Gasteiger charge is -2.31. The van der Waals surface area contributed by atoms with Gasteiger partial charge in [0.25, 0.3) is 0 Å². The molecule has 0 radical (unpaired) electrons. The third-order valence-corrected chi connectivity index (χ3v) is 6.71. The Balaban J connectivity index is 1.59. The van der Waals surface area contributed by atoms with Crippen LogP contribution in [0.5, 0.6) is 0 Å². The Morgan fingerprint density at radius 2 is 1.94 bits per heavy atom. The monoisotopic (exact) mass is 495 g/mol. The van der Waals surface area contributed by atoms with Crippen LogP contribution in [-0.4, -0.2) is 41.4 Å². The molecule has 9 heteroatoms. The van der Waals surface area contributed by atoms with Crippen LogP contribution < -0.4 is 5.32 Å². The lowest BCUT2D eigenvalue weighted by Crippen LogP contribution is -2.41. The highest BCUT2D eigenvalue weighted by molar-refractivity contribution is 7.99.